The topological polar surface area (TPSA) is 83.5 Å². The molecule has 0 spiro atoms. The molecule has 2 heterocycles. The van der Waals surface area contributed by atoms with Gasteiger partial charge in [-0.3, -0.25) is 0 Å². The fourth-order valence-electron chi connectivity index (χ4n) is 2.53. The van der Waals surface area contributed by atoms with E-state index < -0.39 is 39.7 Å². The van der Waals surface area contributed by atoms with Crippen molar-refractivity contribution in [3.63, 3.8) is 0 Å². The number of amides is 1. The van der Waals surface area contributed by atoms with Gasteiger partial charge in [0.15, 0.2) is 0 Å². The van der Waals surface area contributed by atoms with Crippen LogP contribution in [0.15, 0.2) is 9.70 Å². The number of carbonyl (C=O) groups is 1. The maximum atomic E-state index is 12.1. The first-order valence-electron chi connectivity index (χ1n) is 5.17. The summed E-state index contributed by atoms with van der Waals surface area (Å²) in [7, 11) is 0. The van der Waals surface area contributed by atoms with Gasteiger partial charge in [0.2, 0.25) is 0 Å². The van der Waals surface area contributed by atoms with Gasteiger partial charge in [-0.15, -0.1) is 0 Å². The van der Waals surface area contributed by atoms with Crippen LogP contribution < -0.4 is 5.32 Å². The van der Waals surface area contributed by atoms with Gasteiger partial charge in [-0.2, -0.15) is 0 Å². The molecule has 2 N–H and O–H groups in total. The molecule has 5 nitrogen and oxygen atoms in total. The molecule has 90 valence electrons. The van der Waals surface area contributed by atoms with E-state index in [1.54, 1.807) is 20.8 Å². The zero-order chi connectivity index (χ0) is 12.3. The Bertz CT molecular complexity index is 479. The molecule has 1 amide bonds. The van der Waals surface area contributed by atoms with Gasteiger partial charge in [0.05, 0.1) is 0 Å². The Kier molecular flexibility index (Phi) is 2.47. The Morgan fingerprint density at radius 1 is 1.50 bits per heavy atom. The average molecular weight is 341 g/mol. The van der Waals surface area contributed by atoms with E-state index in [0.29, 0.717) is 5.57 Å². The first-order chi connectivity index (χ1) is 7.25. The number of aliphatic hydroxyl groups excluding tert-OH is 1. The molecule has 2 aliphatic rings. The van der Waals surface area contributed by atoms with Crippen LogP contribution in [0.25, 0.3) is 0 Å². The van der Waals surface area contributed by atoms with Crippen LogP contribution in [0.3, 0.4) is 0 Å². The molecule has 1 saturated heterocycles. The van der Waals surface area contributed by atoms with Crippen LogP contribution in [0.2, 0.25) is 3.46 Å². The van der Waals surface area contributed by atoms with Gasteiger partial charge in [0.1, 0.15) is 0 Å². The van der Waals surface area contributed by atoms with Crippen LogP contribution in [0.5, 0.6) is 0 Å². The van der Waals surface area contributed by atoms with Crippen molar-refractivity contribution >= 4 is 24.1 Å². The summed E-state index contributed by atoms with van der Waals surface area (Å²) >= 11 is -4.93. The molecule has 0 aliphatic carbocycles. The quantitative estimate of drug-likeness (QED) is 0.549. The zero-order valence-corrected chi connectivity index (χ0v) is 11.7. The van der Waals surface area contributed by atoms with E-state index in [1.807, 2.05) is 0 Å². The van der Waals surface area contributed by atoms with Gasteiger partial charge in [-0.05, 0) is 0 Å². The van der Waals surface area contributed by atoms with Crippen LogP contribution in [-0.2, 0) is 11.0 Å². The molecular formula is C10H15NO4Te. The van der Waals surface area contributed by atoms with E-state index in [2.05, 4.69) is 5.32 Å². The number of hydrogen-bond donors (Lipinski definition) is 2. The zero-order valence-electron chi connectivity index (χ0n) is 9.39. The molecule has 0 bridgehead atoms. The maximum absolute atomic E-state index is 12.1. The van der Waals surface area contributed by atoms with E-state index in [4.69, 9.17) is 0 Å². The predicted molar refractivity (Wildman–Crippen MR) is 56.4 cm³/mol. The molecule has 0 aromatic heterocycles. The monoisotopic (exact) mass is 343 g/mol. The summed E-state index contributed by atoms with van der Waals surface area (Å²) in [6, 6.07) is -0.520. The van der Waals surface area contributed by atoms with Crippen molar-refractivity contribution in [2.75, 3.05) is 0 Å². The van der Waals surface area contributed by atoms with Gasteiger partial charge < -0.3 is 0 Å². The Balaban J connectivity index is 2.58. The van der Waals surface area contributed by atoms with Crippen LogP contribution >= 0.6 is 0 Å². The molecule has 0 aromatic rings. The molecule has 1 fully saturated rings. The predicted octanol–water partition coefficient (Wildman–Crippen LogP) is 0.0444. The van der Waals surface area contributed by atoms with Crippen molar-refractivity contribution in [2.45, 2.75) is 36.4 Å². The SMILES string of the molecule is CC1=C[Te](=O)(=O)[C@@]2([C@@H](O)C(C)C)C(=O)N[C@@H]12. The van der Waals surface area contributed by atoms with Gasteiger partial charge in [0, 0.05) is 0 Å². The summed E-state index contributed by atoms with van der Waals surface area (Å²) < 4.78 is 23.9. The second kappa shape index (κ2) is 3.28. The van der Waals surface area contributed by atoms with Crippen LogP contribution in [-0.4, -0.2) is 41.3 Å². The van der Waals surface area contributed by atoms with Crippen LogP contribution in [0.1, 0.15) is 20.8 Å². The third-order valence-electron chi connectivity index (χ3n) is 3.40. The Hall–Kier alpha value is -0.440. The number of nitrogens with one attached hydrogen (secondary N) is 1. The van der Waals surface area contributed by atoms with Gasteiger partial charge in [0.25, 0.3) is 0 Å². The molecule has 2 aliphatic heterocycles. The van der Waals surface area contributed by atoms with Crippen molar-refractivity contribution in [1.82, 2.24) is 5.32 Å². The molecular weight excluding hydrogens is 326 g/mol. The van der Waals surface area contributed by atoms with E-state index in [-0.39, 0.29) is 5.92 Å². The molecule has 16 heavy (non-hydrogen) atoms. The first-order valence-corrected chi connectivity index (χ1v) is 9.58. The van der Waals surface area contributed by atoms with E-state index >= 15 is 0 Å². The molecule has 0 saturated carbocycles. The number of aliphatic hydroxyl groups is 1. The third kappa shape index (κ3) is 1.13. The molecule has 0 radical (unpaired) electrons. The van der Waals surface area contributed by atoms with Crippen molar-refractivity contribution < 1.29 is 16.1 Å². The van der Waals surface area contributed by atoms with Crippen molar-refractivity contribution in [3.8, 4) is 0 Å². The van der Waals surface area contributed by atoms with Crippen LogP contribution in [0.4, 0.5) is 0 Å². The van der Waals surface area contributed by atoms with Gasteiger partial charge >= 0.3 is 97.5 Å². The van der Waals surface area contributed by atoms with Crippen molar-refractivity contribution in [2.24, 2.45) is 5.92 Å². The minimum absolute atomic E-state index is 0.263. The summed E-state index contributed by atoms with van der Waals surface area (Å²) in [5, 5.41) is 12.7. The van der Waals surface area contributed by atoms with Crippen molar-refractivity contribution in [1.29, 1.82) is 0 Å². The Labute approximate surface area is 97.5 Å². The summed E-state index contributed by atoms with van der Waals surface area (Å²) in [5.41, 5.74) is 0.630. The molecule has 2 rings (SSSR count). The number of hydrogen-bond acceptors (Lipinski definition) is 4. The molecule has 0 unspecified atom stereocenters. The summed E-state index contributed by atoms with van der Waals surface area (Å²) in [6.07, 6.45) is -1.13. The Morgan fingerprint density at radius 2 is 2.06 bits per heavy atom. The van der Waals surface area contributed by atoms with Gasteiger partial charge in [-0.25, -0.2) is 0 Å². The van der Waals surface area contributed by atoms with E-state index in [9.17, 15) is 16.1 Å². The fraction of sp³-hybridized carbons (Fsp3) is 0.700. The second-order valence-electron chi connectivity index (χ2n) is 4.80. The number of carbonyl (C=O) groups excluding carboxylic acids is 1. The number of rotatable bonds is 2. The standard InChI is InChI=1S/C10H15NO4Te/c1-5(2)8(12)10-7(11-9(10)13)6(3)4-16(10,14)15/h4-5,7-8,12H,1-3H3,(H,11,13)/t7-,8-,10-/m0/s1. The van der Waals surface area contributed by atoms with Crippen molar-refractivity contribution in [3.05, 3.63) is 9.70 Å². The van der Waals surface area contributed by atoms with Crippen LogP contribution in [0, 0.1) is 5.92 Å². The molecule has 6 heteroatoms. The number of β-lactam (4-membered cyclic amide) rings is 1. The normalized spacial score (nSPS) is 37.4. The Morgan fingerprint density at radius 3 is 2.44 bits per heavy atom. The first kappa shape index (κ1) is 12.0. The summed E-state index contributed by atoms with van der Waals surface area (Å²) in [4.78, 5) is 11.7. The average Bonchev–Trinajstić information content (AvgIpc) is 2.27. The number of fused-ring (bicyclic) bond motifs is 1. The molecule has 3 atom stereocenters. The van der Waals surface area contributed by atoms with E-state index in [1.165, 1.54) is 4.12 Å². The summed E-state index contributed by atoms with van der Waals surface area (Å²) in [6.45, 7) is 5.11. The summed E-state index contributed by atoms with van der Waals surface area (Å²) in [5.74, 6) is -0.806. The minimum atomic E-state index is -4.93. The van der Waals surface area contributed by atoms with E-state index in [0.717, 1.165) is 0 Å². The molecule has 0 aromatic carbocycles. The second-order valence-corrected chi connectivity index (χ2v) is 10.5. The third-order valence-corrected chi connectivity index (χ3v) is 9.92. The fourth-order valence-corrected chi connectivity index (χ4v) is 9.15. The van der Waals surface area contributed by atoms with Gasteiger partial charge in [-0.1, -0.05) is 0 Å².